The monoisotopic (exact) mass is 460 g/mol. The molecule has 3 heterocycles. The minimum Gasteiger partial charge on any atom is -0.379 e. The van der Waals surface area contributed by atoms with Crippen LogP contribution in [-0.2, 0) is 24.4 Å². The Morgan fingerprint density at radius 3 is 2.62 bits per heavy atom. The highest BCUT2D eigenvalue weighted by molar-refractivity contribution is 6.08. The summed E-state index contributed by atoms with van der Waals surface area (Å²) in [5.74, 6) is 0.251. The number of aromatic nitrogens is 2. The largest absolute Gasteiger partial charge is 0.379 e. The molecule has 2 aromatic carbocycles. The third kappa shape index (κ3) is 4.50. The quantitative estimate of drug-likeness (QED) is 0.561. The number of ether oxygens (including phenoxy) is 1. The number of morpholine rings is 1. The van der Waals surface area contributed by atoms with Crippen molar-refractivity contribution in [2.75, 3.05) is 26.3 Å². The Morgan fingerprint density at radius 1 is 1.09 bits per heavy atom. The van der Waals surface area contributed by atoms with Crippen molar-refractivity contribution in [3.63, 3.8) is 0 Å². The van der Waals surface area contributed by atoms with Gasteiger partial charge in [-0.05, 0) is 47.2 Å². The van der Waals surface area contributed by atoms with E-state index in [1.54, 1.807) is 0 Å². The van der Waals surface area contributed by atoms with E-state index in [4.69, 9.17) is 4.74 Å². The number of carbonyl (C=O) groups excluding carboxylic acids is 2. The first-order chi connectivity index (χ1) is 16.4. The topological polar surface area (TPSA) is 78.5 Å². The molecule has 7 heteroatoms. The Labute approximate surface area is 200 Å². The molecule has 0 bridgehead atoms. The van der Waals surface area contributed by atoms with Crippen LogP contribution in [0.3, 0.4) is 0 Å². The molecule has 0 saturated carbocycles. The molecular weight excluding hydrogens is 428 g/mol. The summed E-state index contributed by atoms with van der Waals surface area (Å²) < 4.78 is 5.45. The van der Waals surface area contributed by atoms with Crippen LogP contribution >= 0.6 is 0 Å². The Hall–Kier alpha value is -3.03. The third-order valence-corrected chi connectivity index (χ3v) is 6.79. The number of carbonyl (C=O) groups is 2. The number of fused-ring (bicyclic) bond motifs is 2. The Balaban J connectivity index is 1.35. The normalized spacial score (nSPS) is 16.4. The number of amides is 1. The number of nitrogens with zero attached hydrogens (tertiary/aromatic N) is 3. The molecule has 1 saturated heterocycles. The highest BCUT2D eigenvalue weighted by Gasteiger charge is 2.27. The molecule has 0 radical (unpaired) electrons. The molecule has 34 heavy (non-hydrogen) atoms. The molecule has 1 amide bonds. The van der Waals surface area contributed by atoms with Gasteiger partial charge in [0.05, 0.1) is 18.7 Å². The van der Waals surface area contributed by atoms with Gasteiger partial charge in [-0.2, -0.15) is 5.10 Å². The zero-order chi connectivity index (χ0) is 23.8. The maximum absolute atomic E-state index is 13.6. The van der Waals surface area contributed by atoms with Crippen molar-refractivity contribution in [3.05, 3.63) is 63.8 Å². The minimum atomic E-state index is -0.00575. The molecule has 0 unspecified atom stereocenters. The number of Topliss-reactive ketones (excluding diaryl/α,β-unsaturated/α-hetero) is 1. The van der Waals surface area contributed by atoms with Crippen LogP contribution in [0, 0.1) is 12.8 Å². The molecule has 2 aliphatic rings. The molecule has 1 fully saturated rings. The van der Waals surface area contributed by atoms with E-state index < -0.39 is 0 Å². The van der Waals surface area contributed by atoms with Crippen LogP contribution in [0.4, 0.5) is 0 Å². The van der Waals surface area contributed by atoms with Gasteiger partial charge in [-0.15, -0.1) is 0 Å². The van der Waals surface area contributed by atoms with Crippen LogP contribution in [0.2, 0.25) is 0 Å². The van der Waals surface area contributed by atoms with Crippen LogP contribution in [-0.4, -0.2) is 58.0 Å². The second kappa shape index (κ2) is 9.31. The summed E-state index contributed by atoms with van der Waals surface area (Å²) in [6, 6.07) is 10.3. The van der Waals surface area contributed by atoms with Gasteiger partial charge in [0.2, 0.25) is 0 Å². The molecule has 0 atom stereocenters. The number of H-pyrrole nitrogens is 1. The predicted molar refractivity (Wildman–Crippen MR) is 131 cm³/mol. The number of nitrogens with one attached hydrogen (secondary N) is 1. The summed E-state index contributed by atoms with van der Waals surface area (Å²) in [5.41, 5.74) is 6.43. The van der Waals surface area contributed by atoms with E-state index in [0.29, 0.717) is 30.8 Å². The maximum Gasteiger partial charge on any atom is 0.254 e. The van der Waals surface area contributed by atoms with Crippen molar-refractivity contribution < 1.29 is 14.3 Å². The van der Waals surface area contributed by atoms with Gasteiger partial charge in [0, 0.05) is 50.1 Å². The summed E-state index contributed by atoms with van der Waals surface area (Å²) >= 11 is 0. The van der Waals surface area contributed by atoms with Gasteiger partial charge in [0.15, 0.2) is 5.78 Å². The van der Waals surface area contributed by atoms with E-state index in [2.05, 4.69) is 33.3 Å². The molecule has 3 aromatic rings. The lowest BCUT2D eigenvalue weighted by atomic mass is 9.99. The first kappa shape index (κ1) is 22.7. The molecule has 7 nitrogen and oxygen atoms in total. The number of hydrogen-bond donors (Lipinski definition) is 1. The second-order valence-corrected chi connectivity index (χ2v) is 9.96. The molecule has 178 valence electrons. The van der Waals surface area contributed by atoms with Gasteiger partial charge in [-0.3, -0.25) is 19.6 Å². The van der Waals surface area contributed by atoms with Crippen LogP contribution in [0.15, 0.2) is 30.3 Å². The summed E-state index contributed by atoms with van der Waals surface area (Å²) in [6.45, 7) is 11.6. The van der Waals surface area contributed by atoms with Crippen LogP contribution in [0.1, 0.15) is 63.4 Å². The van der Waals surface area contributed by atoms with Crippen LogP contribution in [0.5, 0.6) is 0 Å². The highest BCUT2D eigenvalue weighted by atomic mass is 16.5. The smallest absolute Gasteiger partial charge is 0.254 e. The first-order valence-electron chi connectivity index (χ1n) is 12.1. The fourth-order valence-corrected chi connectivity index (χ4v) is 4.96. The highest BCUT2D eigenvalue weighted by Crippen LogP contribution is 2.29. The molecule has 5 rings (SSSR count). The van der Waals surface area contributed by atoms with E-state index in [0.717, 1.165) is 49.3 Å². The van der Waals surface area contributed by atoms with Crippen molar-refractivity contribution in [3.8, 4) is 0 Å². The van der Waals surface area contributed by atoms with Crippen LogP contribution < -0.4 is 0 Å². The standard InChI is InChI=1S/C27H32N4O3/c1-17(2)10-25(32)26-23-13-22(18(3)11-24(23)28-29-26)27(33)31-15-20-5-4-19(12-21(20)16-31)14-30-6-8-34-9-7-30/h4-5,11-13,17H,6-10,14-16H2,1-3H3,(H,28,29). The minimum absolute atomic E-state index is 0.00452. The lowest BCUT2D eigenvalue weighted by molar-refractivity contribution is 0.0342. The fraction of sp³-hybridized carbons (Fsp3) is 0.444. The van der Waals surface area contributed by atoms with Crippen molar-refractivity contribution in [1.82, 2.24) is 20.0 Å². The van der Waals surface area contributed by atoms with E-state index in [-0.39, 0.29) is 17.6 Å². The number of benzene rings is 2. The van der Waals surface area contributed by atoms with Crippen molar-refractivity contribution in [2.45, 2.75) is 46.8 Å². The molecule has 1 N–H and O–H groups in total. The summed E-state index contributed by atoms with van der Waals surface area (Å²) in [4.78, 5) is 30.5. The lowest BCUT2D eigenvalue weighted by Crippen LogP contribution is -2.35. The number of aromatic amines is 1. The molecular formula is C27H32N4O3. The number of rotatable bonds is 6. The zero-order valence-corrected chi connectivity index (χ0v) is 20.2. The van der Waals surface area contributed by atoms with Crippen molar-refractivity contribution >= 4 is 22.6 Å². The summed E-state index contributed by atoms with van der Waals surface area (Å²) in [7, 11) is 0. The average Bonchev–Trinajstić information content (AvgIpc) is 3.42. The van der Waals surface area contributed by atoms with Crippen LogP contribution in [0.25, 0.3) is 10.9 Å². The molecule has 2 aliphatic heterocycles. The van der Waals surface area contributed by atoms with Gasteiger partial charge in [0.25, 0.3) is 5.91 Å². The van der Waals surface area contributed by atoms with E-state index >= 15 is 0 Å². The Kier molecular flexibility index (Phi) is 6.23. The summed E-state index contributed by atoms with van der Waals surface area (Å²) in [6.07, 6.45) is 0.436. The van der Waals surface area contributed by atoms with Crippen molar-refractivity contribution in [1.29, 1.82) is 0 Å². The Morgan fingerprint density at radius 2 is 1.85 bits per heavy atom. The Bertz CT molecular complexity index is 1240. The van der Waals surface area contributed by atoms with E-state index in [1.807, 2.05) is 37.8 Å². The SMILES string of the molecule is Cc1cc2[nH]nc(C(=O)CC(C)C)c2cc1C(=O)N1Cc2ccc(CN3CCOCC3)cc2C1. The third-order valence-electron chi connectivity index (χ3n) is 6.79. The molecule has 0 spiro atoms. The first-order valence-corrected chi connectivity index (χ1v) is 12.1. The zero-order valence-electron chi connectivity index (χ0n) is 20.2. The van der Waals surface area contributed by atoms with Gasteiger partial charge in [-0.25, -0.2) is 0 Å². The maximum atomic E-state index is 13.6. The number of aryl methyl sites for hydroxylation is 1. The lowest BCUT2D eigenvalue weighted by Gasteiger charge is -2.26. The van der Waals surface area contributed by atoms with E-state index in [1.165, 1.54) is 16.7 Å². The number of ketones is 1. The van der Waals surface area contributed by atoms with Gasteiger partial charge in [-0.1, -0.05) is 32.0 Å². The molecule has 1 aromatic heterocycles. The second-order valence-electron chi connectivity index (χ2n) is 9.96. The number of hydrogen-bond acceptors (Lipinski definition) is 5. The van der Waals surface area contributed by atoms with Gasteiger partial charge < -0.3 is 9.64 Å². The van der Waals surface area contributed by atoms with Crippen molar-refractivity contribution in [2.24, 2.45) is 5.92 Å². The van der Waals surface area contributed by atoms with E-state index in [9.17, 15) is 9.59 Å². The molecule has 0 aliphatic carbocycles. The van der Waals surface area contributed by atoms with Gasteiger partial charge in [0.1, 0.15) is 5.69 Å². The average molecular weight is 461 g/mol. The predicted octanol–water partition coefficient (Wildman–Crippen LogP) is 4.09. The fourth-order valence-electron chi connectivity index (χ4n) is 4.96. The summed E-state index contributed by atoms with van der Waals surface area (Å²) in [5, 5.41) is 7.96. The van der Waals surface area contributed by atoms with Gasteiger partial charge >= 0.3 is 0 Å².